The van der Waals surface area contributed by atoms with Crippen LogP contribution in [0.1, 0.15) is 32.3 Å². The molecule has 1 saturated heterocycles. The van der Waals surface area contributed by atoms with E-state index in [4.69, 9.17) is 22.2 Å². The molecule has 1 aliphatic heterocycles. The summed E-state index contributed by atoms with van der Waals surface area (Å²) < 4.78 is 5.88. The van der Waals surface area contributed by atoms with Crippen LogP contribution in [0.25, 0.3) is 0 Å². The van der Waals surface area contributed by atoms with Crippen molar-refractivity contribution in [2.45, 2.75) is 32.8 Å². The molecule has 0 spiro atoms. The van der Waals surface area contributed by atoms with Crippen LogP contribution in [0, 0.1) is 17.2 Å². The number of amides is 1. The molecule has 8 heteroatoms. The van der Waals surface area contributed by atoms with Crippen molar-refractivity contribution in [3.8, 4) is 6.07 Å². The monoisotopic (exact) mass is 405 g/mol. The summed E-state index contributed by atoms with van der Waals surface area (Å²) in [4.78, 5) is 26.3. The Hall–Kier alpha value is -2.11. The topological polar surface area (TPSA) is 82.4 Å². The summed E-state index contributed by atoms with van der Waals surface area (Å²) >= 11 is 6.65. The molecule has 1 aromatic carbocycles. The summed E-state index contributed by atoms with van der Waals surface area (Å²) in [7, 11) is 0. The van der Waals surface area contributed by atoms with Crippen molar-refractivity contribution in [2.24, 2.45) is 5.92 Å². The van der Waals surface area contributed by atoms with Gasteiger partial charge in [0.15, 0.2) is 6.10 Å². The zero-order valence-electron chi connectivity index (χ0n) is 15.4. The van der Waals surface area contributed by atoms with Crippen LogP contribution < -0.4 is 5.32 Å². The molecular weight excluding hydrogens is 382 g/mol. The number of hydrogen-bond acceptors (Lipinski definition) is 6. The Morgan fingerprint density at radius 2 is 2.15 bits per heavy atom. The number of carbonyl (C=O) groups is 2. The lowest BCUT2D eigenvalue weighted by atomic mass is 10.00. The van der Waals surface area contributed by atoms with Gasteiger partial charge in [0, 0.05) is 18.8 Å². The molecule has 0 aromatic heterocycles. The third-order valence-electron chi connectivity index (χ3n) is 4.29. The number of esters is 1. The van der Waals surface area contributed by atoms with Gasteiger partial charge in [0.05, 0.1) is 17.4 Å². The number of thiocarbonyl (C=S) groups is 1. The molecule has 0 radical (unpaired) electrons. The van der Waals surface area contributed by atoms with E-state index in [9.17, 15) is 9.59 Å². The highest BCUT2D eigenvalue weighted by atomic mass is 32.2. The Bertz CT molecular complexity index is 740. The maximum Gasteiger partial charge on any atom is 0.317 e. The number of rotatable bonds is 5. The normalized spacial score (nSPS) is 15.5. The van der Waals surface area contributed by atoms with E-state index in [1.807, 2.05) is 6.07 Å². The standard InChI is InChI=1S/C19H23N3O3S2/c1-13-6-8-22(9-7-13)19(26)27-12-17(23)25-14(2)18(24)21-16-5-3-4-15(10-16)11-20/h3-5,10,13-14H,6-9,12H2,1-2H3,(H,21,24)/t14-/m0/s1. The lowest BCUT2D eigenvalue weighted by molar-refractivity contribution is -0.150. The average Bonchev–Trinajstić information content (AvgIpc) is 2.66. The number of carbonyl (C=O) groups excluding carboxylic acids is 2. The Kier molecular flexibility index (Phi) is 8.07. The van der Waals surface area contributed by atoms with Gasteiger partial charge in [-0.3, -0.25) is 9.59 Å². The van der Waals surface area contributed by atoms with E-state index in [0.29, 0.717) is 21.5 Å². The molecular formula is C19H23N3O3S2. The minimum absolute atomic E-state index is 0.0758. The summed E-state index contributed by atoms with van der Waals surface area (Å²) in [5, 5.41) is 11.5. The molecule has 1 heterocycles. The fraction of sp³-hybridized carbons (Fsp3) is 0.474. The first-order valence-electron chi connectivity index (χ1n) is 8.81. The van der Waals surface area contributed by atoms with Crippen LogP contribution in [-0.2, 0) is 14.3 Å². The first kappa shape index (κ1) is 21.2. The van der Waals surface area contributed by atoms with Gasteiger partial charge in [-0.15, -0.1) is 0 Å². The lowest BCUT2D eigenvalue weighted by Crippen LogP contribution is -2.36. The SMILES string of the molecule is CC1CCN(C(=S)SCC(=O)O[C@@H](C)C(=O)Nc2cccc(C#N)c2)CC1. The Morgan fingerprint density at radius 3 is 2.81 bits per heavy atom. The zero-order chi connectivity index (χ0) is 19.8. The van der Waals surface area contributed by atoms with Crippen LogP contribution in [0.5, 0.6) is 0 Å². The number of hydrogen-bond donors (Lipinski definition) is 1. The van der Waals surface area contributed by atoms with Gasteiger partial charge in [0.1, 0.15) is 4.32 Å². The van der Waals surface area contributed by atoms with Crippen LogP contribution in [0.15, 0.2) is 24.3 Å². The van der Waals surface area contributed by atoms with Crippen LogP contribution in [-0.4, -0.2) is 46.0 Å². The molecule has 1 N–H and O–H groups in total. The minimum Gasteiger partial charge on any atom is -0.452 e. The van der Waals surface area contributed by atoms with Gasteiger partial charge in [0.25, 0.3) is 5.91 Å². The Labute approximate surface area is 169 Å². The van der Waals surface area contributed by atoms with Crippen molar-refractivity contribution in [2.75, 3.05) is 24.2 Å². The van der Waals surface area contributed by atoms with Crippen LogP contribution in [0.2, 0.25) is 0 Å². The molecule has 0 aliphatic carbocycles. The van der Waals surface area contributed by atoms with Gasteiger partial charge >= 0.3 is 5.97 Å². The number of nitriles is 1. The number of ether oxygens (including phenoxy) is 1. The zero-order valence-corrected chi connectivity index (χ0v) is 17.1. The molecule has 144 valence electrons. The van der Waals surface area contributed by atoms with Gasteiger partial charge in [-0.2, -0.15) is 5.26 Å². The van der Waals surface area contributed by atoms with Crippen molar-refractivity contribution < 1.29 is 14.3 Å². The van der Waals surface area contributed by atoms with Crippen molar-refractivity contribution in [3.05, 3.63) is 29.8 Å². The van der Waals surface area contributed by atoms with Crippen molar-refractivity contribution in [1.29, 1.82) is 5.26 Å². The second kappa shape index (κ2) is 10.3. The first-order valence-corrected chi connectivity index (χ1v) is 10.2. The van der Waals surface area contributed by atoms with E-state index in [-0.39, 0.29) is 5.75 Å². The lowest BCUT2D eigenvalue weighted by Gasteiger charge is -2.31. The molecule has 0 saturated carbocycles. The molecule has 1 fully saturated rings. The number of nitrogens with zero attached hydrogens (tertiary/aromatic N) is 2. The van der Waals surface area contributed by atoms with Gasteiger partial charge in [0.2, 0.25) is 0 Å². The van der Waals surface area contributed by atoms with E-state index in [1.165, 1.54) is 18.7 Å². The Balaban J connectivity index is 1.75. The third-order valence-corrected chi connectivity index (χ3v) is 5.79. The average molecular weight is 406 g/mol. The second-order valence-electron chi connectivity index (χ2n) is 6.54. The number of piperidine rings is 1. The van der Waals surface area contributed by atoms with Gasteiger partial charge in [-0.05, 0) is 43.9 Å². The number of anilines is 1. The Morgan fingerprint density at radius 1 is 1.44 bits per heavy atom. The largest absolute Gasteiger partial charge is 0.452 e. The summed E-state index contributed by atoms with van der Waals surface area (Å²) in [5.41, 5.74) is 0.922. The number of benzene rings is 1. The van der Waals surface area contributed by atoms with E-state index >= 15 is 0 Å². The van der Waals surface area contributed by atoms with E-state index in [2.05, 4.69) is 17.1 Å². The highest BCUT2D eigenvalue weighted by Crippen LogP contribution is 2.20. The predicted octanol–water partition coefficient (Wildman–Crippen LogP) is 3.18. The molecule has 6 nitrogen and oxygen atoms in total. The van der Waals surface area contributed by atoms with E-state index in [1.54, 1.807) is 24.3 Å². The molecule has 1 atom stereocenters. The van der Waals surface area contributed by atoms with Gasteiger partial charge in [-0.25, -0.2) is 0 Å². The summed E-state index contributed by atoms with van der Waals surface area (Å²) in [5.74, 6) is -0.142. The van der Waals surface area contributed by atoms with Crippen LogP contribution in [0.3, 0.4) is 0 Å². The van der Waals surface area contributed by atoms with Gasteiger partial charge < -0.3 is 15.0 Å². The fourth-order valence-corrected chi connectivity index (χ4v) is 3.63. The number of likely N-dealkylation sites (tertiary alicyclic amines) is 1. The maximum atomic E-state index is 12.2. The molecule has 0 unspecified atom stereocenters. The second-order valence-corrected chi connectivity index (χ2v) is 8.15. The van der Waals surface area contributed by atoms with Gasteiger partial charge in [-0.1, -0.05) is 37.0 Å². The smallest absolute Gasteiger partial charge is 0.317 e. The highest BCUT2D eigenvalue weighted by molar-refractivity contribution is 8.23. The number of nitrogens with one attached hydrogen (secondary N) is 1. The third kappa shape index (κ3) is 6.85. The van der Waals surface area contributed by atoms with Crippen molar-refractivity contribution in [1.82, 2.24) is 4.90 Å². The molecule has 1 aromatic rings. The predicted molar refractivity (Wildman–Crippen MR) is 110 cm³/mol. The van der Waals surface area contributed by atoms with Crippen molar-refractivity contribution in [3.63, 3.8) is 0 Å². The minimum atomic E-state index is -0.937. The molecule has 1 amide bonds. The number of thioether (sulfide) groups is 1. The van der Waals surface area contributed by atoms with Crippen LogP contribution >= 0.6 is 24.0 Å². The molecule has 2 rings (SSSR count). The summed E-state index contributed by atoms with van der Waals surface area (Å²) in [6.45, 7) is 5.58. The first-order chi connectivity index (χ1) is 12.9. The summed E-state index contributed by atoms with van der Waals surface area (Å²) in [6.07, 6.45) is 1.28. The van der Waals surface area contributed by atoms with Crippen LogP contribution in [0.4, 0.5) is 5.69 Å². The highest BCUT2D eigenvalue weighted by Gasteiger charge is 2.21. The maximum absolute atomic E-state index is 12.2. The van der Waals surface area contributed by atoms with E-state index in [0.717, 1.165) is 25.9 Å². The quantitative estimate of drug-likeness (QED) is 0.595. The summed E-state index contributed by atoms with van der Waals surface area (Å²) in [6, 6.07) is 8.54. The molecule has 1 aliphatic rings. The fourth-order valence-electron chi connectivity index (χ4n) is 2.60. The molecule has 0 bridgehead atoms. The van der Waals surface area contributed by atoms with Crippen molar-refractivity contribution >= 4 is 45.9 Å². The van der Waals surface area contributed by atoms with E-state index < -0.39 is 18.0 Å². The molecule has 27 heavy (non-hydrogen) atoms.